The van der Waals surface area contributed by atoms with Gasteiger partial charge in [-0.1, -0.05) is 70.9 Å². The Hall–Kier alpha value is -0.710. The third-order valence-corrected chi connectivity index (χ3v) is 5.99. The van der Waals surface area contributed by atoms with Crippen molar-refractivity contribution in [3.05, 3.63) is 12.2 Å². The summed E-state index contributed by atoms with van der Waals surface area (Å²) in [4.78, 5) is 12.3. The maximum atomic E-state index is 12.3. The molecule has 0 spiro atoms. The summed E-state index contributed by atoms with van der Waals surface area (Å²) in [7, 11) is 1.62. The van der Waals surface area contributed by atoms with Crippen LogP contribution in [0.25, 0.3) is 0 Å². The van der Waals surface area contributed by atoms with Gasteiger partial charge in [-0.05, 0) is 19.8 Å². The number of hydrogen-bond donors (Lipinski definition) is 2. The van der Waals surface area contributed by atoms with Gasteiger partial charge in [0.2, 0.25) is 0 Å². The van der Waals surface area contributed by atoms with Gasteiger partial charge in [0.25, 0.3) is 0 Å². The van der Waals surface area contributed by atoms with Gasteiger partial charge < -0.3 is 14.9 Å². The zero-order chi connectivity index (χ0) is 19.6. The predicted octanol–water partition coefficient (Wildman–Crippen LogP) is 4.43. The van der Waals surface area contributed by atoms with Crippen molar-refractivity contribution in [1.82, 2.24) is 0 Å². The number of Topliss-reactive ketones (excluding diaryl/α,β-unsaturated/α-hetero) is 1. The number of hydrogen-bond acceptors (Lipinski definition) is 4. The highest BCUT2D eigenvalue weighted by molar-refractivity contribution is 5.84. The molecular weight excluding hydrogens is 328 g/mol. The standard InChI is InChI=1S/C22H40O4/c1-5-7-9-10-11-12-17-18(20(24)16-19(17)23)13-14-21(25)22(3,26-4)15-8-6-2/h13-14,17-18,20-21,24-25H,5-12,15-16H2,1-4H3/t17-,18-,20-,21-,22-/m1/s1. The van der Waals surface area contributed by atoms with Crippen LogP contribution >= 0.6 is 0 Å². The lowest BCUT2D eigenvalue weighted by Crippen LogP contribution is -2.40. The summed E-state index contributed by atoms with van der Waals surface area (Å²) in [5, 5.41) is 20.9. The number of rotatable bonds is 13. The van der Waals surface area contributed by atoms with Gasteiger partial charge in [0.15, 0.2) is 0 Å². The van der Waals surface area contributed by atoms with Crippen LogP contribution in [0, 0.1) is 11.8 Å². The van der Waals surface area contributed by atoms with E-state index in [4.69, 9.17) is 4.74 Å². The van der Waals surface area contributed by atoms with Gasteiger partial charge in [0.05, 0.1) is 11.7 Å². The Morgan fingerprint density at radius 1 is 1.19 bits per heavy atom. The highest BCUT2D eigenvalue weighted by atomic mass is 16.5. The van der Waals surface area contributed by atoms with E-state index in [1.54, 1.807) is 13.2 Å². The molecule has 0 unspecified atom stereocenters. The summed E-state index contributed by atoms with van der Waals surface area (Å²) >= 11 is 0. The number of carbonyl (C=O) groups is 1. The smallest absolute Gasteiger partial charge is 0.139 e. The molecule has 0 bridgehead atoms. The zero-order valence-corrected chi connectivity index (χ0v) is 17.2. The van der Waals surface area contributed by atoms with E-state index >= 15 is 0 Å². The fourth-order valence-electron chi connectivity index (χ4n) is 3.90. The van der Waals surface area contributed by atoms with Gasteiger partial charge in [-0.25, -0.2) is 0 Å². The molecule has 1 fully saturated rings. The van der Waals surface area contributed by atoms with Crippen LogP contribution in [0.1, 0.15) is 85.0 Å². The molecule has 4 nitrogen and oxygen atoms in total. The SMILES string of the molecule is CCCCCCC[C@H]1C(=O)C[C@@H](O)[C@@H]1C=C[C@@H](O)[C@@](C)(CCCC)OC. The minimum atomic E-state index is -0.743. The van der Waals surface area contributed by atoms with Crippen LogP contribution in [-0.2, 0) is 9.53 Å². The Bertz CT molecular complexity index is 434. The first-order valence-electron chi connectivity index (χ1n) is 10.5. The van der Waals surface area contributed by atoms with E-state index in [0.717, 1.165) is 38.5 Å². The second kappa shape index (κ2) is 11.9. The van der Waals surface area contributed by atoms with Gasteiger partial charge in [0, 0.05) is 25.4 Å². The quantitative estimate of drug-likeness (QED) is 0.373. The average molecular weight is 369 g/mol. The van der Waals surface area contributed by atoms with E-state index in [0.29, 0.717) is 0 Å². The first-order chi connectivity index (χ1) is 12.4. The lowest BCUT2D eigenvalue weighted by molar-refractivity contribution is -0.121. The van der Waals surface area contributed by atoms with Crippen LogP contribution in [0.5, 0.6) is 0 Å². The van der Waals surface area contributed by atoms with Gasteiger partial charge in [-0.2, -0.15) is 0 Å². The van der Waals surface area contributed by atoms with E-state index in [1.807, 2.05) is 13.0 Å². The van der Waals surface area contributed by atoms with Crippen molar-refractivity contribution < 1.29 is 19.7 Å². The van der Waals surface area contributed by atoms with Gasteiger partial charge in [0.1, 0.15) is 11.9 Å². The molecule has 0 heterocycles. The number of ketones is 1. The fraction of sp³-hybridized carbons (Fsp3) is 0.864. The van der Waals surface area contributed by atoms with E-state index in [2.05, 4.69) is 13.8 Å². The van der Waals surface area contributed by atoms with Gasteiger partial charge in [-0.3, -0.25) is 4.79 Å². The predicted molar refractivity (Wildman–Crippen MR) is 106 cm³/mol. The molecule has 1 rings (SSSR count). The molecule has 0 aromatic carbocycles. The number of unbranched alkanes of at least 4 members (excludes halogenated alkanes) is 5. The Morgan fingerprint density at radius 3 is 2.46 bits per heavy atom. The minimum Gasteiger partial charge on any atom is -0.392 e. The van der Waals surface area contributed by atoms with E-state index < -0.39 is 17.8 Å². The first-order valence-corrected chi connectivity index (χ1v) is 10.5. The van der Waals surface area contributed by atoms with Crippen LogP contribution in [0.4, 0.5) is 0 Å². The van der Waals surface area contributed by atoms with Crippen molar-refractivity contribution in [3.8, 4) is 0 Å². The van der Waals surface area contributed by atoms with Gasteiger partial charge in [-0.15, -0.1) is 0 Å². The molecule has 0 radical (unpaired) electrons. The van der Waals surface area contributed by atoms with E-state index in [9.17, 15) is 15.0 Å². The van der Waals surface area contributed by atoms with Crippen molar-refractivity contribution in [2.24, 2.45) is 11.8 Å². The highest BCUT2D eigenvalue weighted by Gasteiger charge is 2.40. The summed E-state index contributed by atoms with van der Waals surface area (Å²) in [6, 6.07) is 0. The maximum absolute atomic E-state index is 12.3. The molecular formula is C22H40O4. The van der Waals surface area contributed by atoms with Crippen molar-refractivity contribution in [3.63, 3.8) is 0 Å². The fourth-order valence-corrected chi connectivity index (χ4v) is 3.90. The Morgan fingerprint density at radius 2 is 1.85 bits per heavy atom. The summed E-state index contributed by atoms with van der Waals surface area (Å²) in [6.07, 6.45) is 11.9. The Labute approximate surface area is 160 Å². The molecule has 1 aliphatic rings. The molecule has 0 aromatic heterocycles. The van der Waals surface area contributed by atoms with Crippen LogP contribution in [0.15, 0.2) is 12.2 Å². The lowest BCUT2D eigenvalue weighted by atomic mass is 9.86. The zero-order valence-electron chi connectivity index (χ0n) is 17.2. The second-order valence-corrected chi connectivity index (χ2v) is 8.07. The molecule has 1 saturated carbocycles. The molecule has 2 N–H and O–H groups in total. The lowest BCUT2D eigenvalue weighted by Gasteiger charge is -2.32. The van der Waals surface area contributed by atoms with E-state index in [-0.39, 0.29) is 24.0 Å². The van der Waals surface area contributed by atoms with Crippen LogP contribution < -0.4 is 0 Å². The summed E-state index contributed by atoms with van der Waals surface area (Å²) in [5.41, 5.74) is -0.629. The average Bonchev–Trinajstić information content (AvgIpc) is 2.90. The first kappa shape index (κ1) is 23.3. The van der Waals surface area contributed by atoms with Crippen molar-refractivity contribution in [1.29, 1.82) is 0 Å². The normalized spacial score (nSPS) is 27.2. The third-order valence-electron chi connectivity index (χ3n) is 5.99. The third kappa shape index (κ3) is 6.79. The topological polar surface area (TPSA) is 66.8 Å². The minimum absolute atomic E-state index is 0.112. The van der Waals surface area contributed by atoms with Crippen molar-refractivity contribution >= 4 is 5.78 Å². The van der Waals surface area contributed by atoms with Crippen molar-refractivity contribution in [2.45, 2.75) is 103 Å². The highest BCUT2D eigenvalue weighted by Crippen LogP contribution is 2.35. The number of carbonyl (C=O) groups excluding carboxylic acids is 1. The molecule has 152 valence electrons. The summed E-state index contributed by atoms with van der Waals surface area (Å²) in [6.45, 7) is 6.22. The summed E-state index contributed by atoms with van der Waals surface area (Å²) in [5.74, 6) is -0.132. The Kier molecular flexibility index (Phi) is 10.7. The van der Waals surface area contributed by atoms with Crippen LogP contribution in [0.3, 0.4) is 0 Å². The van der Waals surface area contributed by atoms with Crippen LogP contribution in [0.2, 0.25) is 0 Å². The molecule has 1 aliphatic carbocycles. The molecule has 0 aromatic rings. The maximum Gasteiger partial charge on any atom is 0.139 e. The molecule has 0 saturated heterocycles. The number of methoxy groups -OCH3 is 1. The van der Waals surface area contributed by atoms with Gasteiger partial charge >= 0.3 is 0 Å². The second-order valence-electron chi connectivity index (χ2n) is 8.07. The molecule has 26 heavy (non-hydrogen) atoms. The number of ether oxygens (including phenoxy) is 1. The molecule has 4 heteroatoms. The number of aliphatic hydroxyl groups is 2. The monoisotopic (exact) mass is 368 g/mol. The van der Waals surface area contributed by atoms with E-state index in [1.165, 1.54) is 19.3 Å². The van der Waals surface area contributed by atoms with Crippen LogP contribution in [-0.4, -0.2) is 40.9 Å². The Balaban J connectivity index is 2.67. The van der Waals surface area contributed by atoms with Crippen molar-refractivity contribution in [2.75, 3.05) is 7.11 Å². The molecule has 5 atom stereocenters. The largest absolute Gasteiger partial charge is 0.392 e. The number of aliphatic hydroxyl groups excluding tert-OH is 2. The molecule has 0 amide bonds. The summed E-state index contributed by atoms with van der Waals surface area (Å²) < 4.78 is 5.56. The molecule has 0 aliphatic heterocycles.